The summed E-state index contributed by atoms with van der Waals surface area (Å²) in [4.78, 5) is 0. The second-order valence-corrected chi connectivity index (χ2v) is 7.49. The van der Waals surface area contributed by atoms with Gasteiger partial charge in [0.1, 0.15) is 5.75 Å². The summed E-state index contributed by atoms with van der Waals surface area (Å²) in [7, 11) is -1.73. The van der Waals surface area contributed by atoms with Crippen molar-refractivity contribution in [1.82, 2.24) is 0 Å². The zero-order valence-electron chi connectivity index (χ0n) is 13.3. The molecule has 0 spiro atoms. The minimum absolute atomic E-state index is 0.374. The average Bonchev–Trinajstić information content (AvgIpc) is 2.47. The van der Waals surface area contributed by atoms with E-state index in [-0.39, 0.29) is 5.25 Å². The molecule has 120 valence electrons. The first-order chi connectivity index (χ1) is 9.99. The average molecular weight is 313 g/mol. The van der Waals surface area contributed by atoms with Crippen LogP contribution in [-0.2, 0) is 10.0 Å². The fourth-order valence-corrected chi connectivity index (χ4v) is 3.26. The molecule has 1 rings (SSSR count). The Balaban J connectivity index is 2.47. The summed E-state index contributed by atoms with van der Waals surface area (Å²) in [5, 5.41) is -0.374. The van der Waals surface area contributed by atoms with E-state index in [0.717, 1.165) is 12.8 Å². The van der Waals surface area contributed by atoms with Gasteiger partial charge in [-0.1, -0.05) is 39.0 Å². The van der Waals surface area contributed by atoms with Crippen LogP contribution in [0.3, 0.4) is 0 Å². The first kappa shape index (κ1) is 17.8. The van der Waals surface area contributed by atoms with Crippen LogP contribution in [0.2, 0.25) is 0 Å². The van der Waals surface area contributed by atoms with Gasteiger partial charge in [0.15, 0.2) is 0 Å². The van der Waals surface area contributed by atoms with E-state index in [2.05, 4.69) is 11.6 Å². The van der Waals surface area contributed by atoms with Gasteiger partial charge in [0.2, 0.25) is 10.0 Å². The number of hydrogen-bond acceptors (Lipinski definition) is 3. The largest absolute Gasteiger partial charge is 0.497 e. The number of anilines is 1. The predicted molar refractivity (Wildman–Crippen MR) is 88.4 cm³/mol. The third-order valence-corrected chi connectivity index (χ3v) is 5.41. The summed E-state index contributed by atoms with van der Waals surface area (Å²) in [6.07, 6.45) is 6.39. The number of unbranched alkanes of at least 4 members (excludes halogenated alkanes) is 4. The minimum Gasteiger partial charge on any atom is -0.497 e. The van der Waals surface area contributed by atoms with E-state index < -0.39 is 10.0 Å². The SMILES string of the molecule is CCCCCCCC(C)S(=O)(=O)Nc1ccc(OC)cc1. The number of sulfonamides is 1. The van der Waals surface area contributed by atoms with Crippen LogP contribution in [-0.4, -0.2) is 20.8 Å². The van der Waals surface area contributed by atoms with Crippen LogP contribution in [0.4, 0.5) is 5.69 Å². The molecule has 1 atom stereocenters. The highest BCUT2D eigenvalue weighted by atomic mass is 32.2. The number of nitrogens with one attached hydrogen (secondary N) is 1. The van der Waals surface area contributed by atoms with Crippen molar-refractivity contribution in [2.45, 2.75) is 57.6 Å². The highest BCUT2D eigenvalue weighted by Crippen LogP contribution is 2.19. The lowest BCUT2D eigenvalue weighted by atomic mass is 10.1. The zero-order valence-corrected chi connectivity index (χ0v) is 14.1. The fraction of sp³-hybridized carbons (Fsp3) is 0.625. The first-order valence-electron chi connectivity index (χ1n) is 7.65. The van der Waals surface area contributed by atoms with Gasteiger partial charge >= 0.3 is 0 Å². The van der Waals surface area contributed by atoms with Crippen LogP contribution in [0.5, 0.6) is 5.75 Å². The van der Waals surface area contributed by atoms with Gasteiger partial charge in [0, 0.05) is 5.69 Å². The summed E-state index contributed by atoms with van der Waals surface area (Å²) in [5.74, 6) is 0.710. The molecular weight excluding hydrogens is 286 g/mol. The fourth-order valence-electron chi connectivity index (χ4n) is 2.11. The van der Waals surface area contributed by atoms with Crippen LogP contribution in [0.1, 0.15) is 52.4 Å². The molecule has 0 amide bonds. The monoisotopic (exact) mass is 313 g/mol. The molecule has 0 fully saturated rings. The Morgan fingerprint density at radius 2 is 1.71 bits per heavy atom. The molecule has 5 heteroatoms. The molecule has 0 aromatic heterocycles. The number of benzene rings is 1. The standard InChI is InChI=1S/C16H27NO3S/c1-4-5-6-7-8-9-14(2)21(18,19)17-15-10-12-16(20-3)13-11-15/h10-14,17H,4-9H2,1-3H3. The Morgan fingerprint density at radius 3 is 2.29 bits per heavy atom. The first-order valence-corrected chi connectivity index (χ1v) is 9.20. The molecule has 0 radical (unpaired) electrons. The normalized spacial score (nSPS) is 12.9. The van der Waals surface area contributed by atoms with Crippen molar-refractivity contribution in [1.29, 1.82) is 0 Å². The Morgan fingerprint density at radius 1 is 1.10 bits per heavy atom. The molecule has 21 heavy (non-hydrogen) atoms. The molecule has 1 unspecified atom stereocenters. The van der Waals surface area contributed by atoms with Gasteiger partial charge in [0.05, 0.1) is 12.4 Å². The molecule has 0 bridgehead atoms. The Bertz CT molecular complexity index is 497. The number of hydrogen-bond donors (Lipinski definition) is 1. The lowest BCUT2D eigenvalue weighted by molar-refractivity contribution is 0.415. The van der Waals surface area contributed by atoms with E-state index in [1.165, 1.54) is 19.3 Å². The molecule has 1 aromatic rings. The lowest BCUT2D eigenvalue weighted by Gasteiger charge is -2.15. The molecule has 0 aliphatic carbocycles. The molecule has 1 N–H and O–H groups in total. The molecule has 0 heterocycles. The zero-order chi connectivity index (χ0) is 15.7. The predicted octanol–water partition coefficient (Wildman–Crippen LogP) is 4.19. The smallest absolute Gasteiger partial charge is 0.235 e. The topological polar surface area (TPSA) is 55.4 Å². The minimum atomic E-state index is -3.32. The molecule has 0 aliphatic heterocycles. The van der Waals surface area contributed by atoms with Gasteiger partial charge in [-0.2, -0.15) is 0 Å². The lowest BCUT2D eigenvalue weighted by Crippen LogP contribution is -2.25. The van der Waals surface area contributed by atoms with E-state index in [9.17, 15) is 8.42 Å². The van der Waals surface area contributed by atoms with E-state index in [1.807, 2.05) is 0 Å². The van der Waals surface area contributed by atoms with E-state index >= 15 is 0 Å². The van der Waals surface area contributed by atoms with E-state index in [1.54, 1.807) is 38.3 Å². The van der Waals surface area contributed by atoms with Gasteiger partial charge in [-0.25, -0.2) is 8.42 Å². The van der Waals surface area contributed by atoms with Crippen molar-refractivity contribution in [2.24, 2.45) is 0 Å². The summed E-state index contributed by atoms with van der Waals surface area (Å²) in [5.41, 5.74) is 0.577. The summed E-state index contributed by atoms with van der Waals surface area (Å²) >= 11 is 0. The van der Waals surface area contributed by atoms with Crippen molar-refractivity contribution >= 4 is 15.7 Å². The molecule has 0 saturated carbocycles. The molecule has 0 aliphatic rings. The second kappa shape index (κ2) is 8.93. The van der Waals surface area contributed by atoms with Crippen LogP contribution >= 0.6 is 0 Å². The van der Waals surface area contributed by atoms with E-state index in [0.29, 0.717) is 17.9 Å². The molecule has 0 saturated heterocycles. The summed E-state index contributed by atoms with van der Waals surface area (Å²) < 4.78 is 32.2. The van der Waals surface area contributed by atoms with Crippen molar-refractivity contribution in [3.05, 3.63) is 24.3 Å². The summed E-state index contributed by atoms with van der Waals surface area (Å²) in [6, 6.07) is 6.91. The van der Waals surface area contributed by atoms with Crippen molar-refractivity contribution in [2.75, 3.05) is 11.8 Å². The highest BCUT2D eigenvalue weighted by molar-refractivity contribution is 7.93. The quantitative estimate of drug-likeness (QED) is 0.659. The second-order valence-electron chi connectivity index (χ2n) is 5.39. The third-order valence-electron chi connectivity index (χ3n) is 3.59. The van der Waals surface area contributed by atoms with Gasteiger partial charge in [-0.05, 0) is 37.6 Å². The Hall–Kier alpha value is -1.23. The van der Waals surface area contributed by atoms with Crippen LogP contribution < -0.4 is 9.46 Å². The molecule has 4 nitrogen and oxygen atoms in total. The number of ether oxygens (including phenoxy) is 1. The van der Waals surface area contributed by atoms with Gasteiger partial charge in [-0.15, -0.1) is 0 Å². The van der Waals surface area contributed by atoms with Crippen molar-refractivity contribution in [3.8, 4) is 5.75 Å². The maximum Gasteiger partial charge on any atom is 0.235 e. The summed E-state index contributed by atoms with van der Waals surface area (Å²) in [6.45, 7) is 3.94. The number of methoxy groups -OCH3 is 1. The van der Waals surface area contributed by atoms with Crippen molar-refractivity contribution < 1.29 is 13.2 Å². The van der Waals surface area contributed by atoms with Crippen LogP contribution in [0, 0.1) is 0 Å². The van der Waals surface area contributed by atoms with Crippen LogP contribution in [0.25, 0.3) is 0 Å². The Kier molecular flexibility index (Phi) is 7.57. The Labute approximate surface area is 129 Å². The third kappa shape index (κ3) is 6.38. The maximum absolute atomic E-state index is 12.2. The van der Waals surface area contributed by atoms with Crippen LogP contribution in [0.15, 0.2) is 24.3 Å². The molecular formula is C16H27NO3S. The number of rotatable bonds is 10. The molecule has 1 aromatic carbocycles. The van der Waals surface area contributed by atoms with E-state index in [4.69, 9.17) is 4.74 Å². The van der Waals surface area contributed by atoms with Gasteiger partial charge < -0.3 is 4.74 Å². The van der Waals surface area contributed by atoms with Crippen molar-refractivity contribution in [3.63, 3.8) is 0 Å². The van der Waals surface area contributed by atoms with Gasteiger partial charge in [0.25, 0.3) is 0 Å². The van der Waals surface area contributed by atoms with Gasteiger partial charge in [-0.3, -0.25) is 4.72 Å². The maximum atomic E-state index is 12.2. The highest BCUT2D eigenvalue weighted by Gasteiger charge is 2.20.